The Bertz CT molecular complexity index is 834. The van der Waals surface area contributed by atoms with E-state index in [2.05, 4.69) is 30.6 Å². The largest absolute Gasteiger partial charge is 0.346 e. The molecule has 0 aliphatic rings. The van der Waals surface area contributed by atoms with Crippen molar-refractivity contribution in [3.8, 4) is 0 Å². The first-order chi connectivity index (χ1) is 11.5. The first-order valence-electron chi connectivity index (χ1n) is 7.17. The van der Waals surface area contributed by atoms with E-state index in [1.54, 1.807) is 23.2 Å². The van der Waals surface area contributed by atoms with Gasteiger partial charge in [-0.05, 0) is 19.1 Å². The van der Waals surface area contributed by atoms with Gasteiger partial charge in [-0.15, -0.1) is 0 Å². The molecular weight excluding hydrogens is 333 g/mol. The fourth-order valence-electron chi connectivity index (χ4n) is 2.03. The number of hydrogen-bond acceptors (Lipinski definition) is 6. The minimum absolute atomic E-state index is 0.200. The highest BCUT2D eigenvalue weighted by Gasteiger charge is 2.11. The number of hydrogen-bond donors (Lipinski definition) is 2. The molecule has 1 atom stereocenters. The van der Waals surface area contributed by atoms with Crippen molar-refractivity contribution in [3.63, 3.8) is 0 Å². The highest BCUT2D eigenvalue weighted by Crippen LogP contribution is 2.24. The molecule has 0 spiro atoms. The van der Waals surface area contributed by atoms with Gasteiger partial charge in [0, 0.05) is 13.2 Å². The summed E-state index contributed by atoms with van der Waals surface area (Å²) in [7, 11) is 1.87. The molecular formula is C15H15ClFN7. The SMILES string of the molecule is C[C@H](Nc1ncc(Cl)c(Nc2cn(C)cn2)n1)c1ccc(F)cn1. The Morgan fingerprint density at radius 3 is 2.71 bits per heavy atom. The third-order valence-corrected chi connectivity index (χ3v) is 3.51. The van der Waals surface area contributed by atoms with Crippen LogP contribution in [0.15, 0.2) is 37.1 Å². The standard InChI is InChI=1S/C15H15ClFN7/c1-9(12-4-3-10(17)5-18-12)21-15-19-6-11(16)14(23-15)22-13-7-24(2)8-20-13/h3-9H,1-2H3,(H2,19,21,22,23)/t9-/m0/s1. The van der Waals surface area contributed by atoms with Crippen LogP contribution < -0.4 is 10.6 Å². The summed E-state index contributed by atoms with van der Waals surface area (Å²) in [5.41, 5.74) is 0.675. The van der Waals surface area contributed by atoms with E-state index in [0.717, 1.165) is 0 Å². The Hall–Kier alpha value is -2.74. The molecule has 9 heteroatoms. The quantitative estimate of drug-likeness (QED) is 0.737. The molecule has 0 aliphatic heterocycles. The second-order valence-corrected chi connectivity index (χ2v) is 5.61. The minimum Gasteiger partial charge on any atom is -0.346 e. The number of halogens is 2. The zero-order valence-electron chi connectivity index (χ0n) is 13.0. The van der Waals surface area contributed by atoms with Crippen LogP contribution in [-0.4, -0.2) is 24.5 Å². The van der Waals surface area contributed by atoms with Crippen molar-refractivity contribution in [3.05, 3.63) is 53.6 Å². The van der Waals surface area contributed by atoms with Gasteiger partial charge in [-0.2, -0.15) is 4.98 Å². The molecule has 0 aromatic carbocycles. The highest BCUT2D eigenvalue weighted by atomic mass is 35.5. The predicted octanol–water partition coefficient (Wildman–Crippen LogP) is 3.31. The average Bonchev–Trinajstić information content (AvgIpc) is 2.96. The van der Waals surface area contributed by atoms with Crippen molar-refractivity contribution in [2.24, 2.45) is 7.05 Å². The summed E-state index contributed by atoms with van der Waals surface area (Å²) < 4.78 is 14.7. The molecule has 2 N–H and O–H groups in total. The van der Waals surface area contributed by atoms with E-state index in [1.807, 2.05) is 14.0 Å². The van der Waals surface area contributed by atoms with Crippen molar-refractivity contribution in [2.75, 3.05) is 10.6 Å². The minimum atomic E-state index is -0.379. The number of rotatable bonds is 5. The van der Waals surface area contributed by atoms with Crippen molar-refractivity contribution >= 4 is 29.2 Å². The van der Waals surface area contributed by atoms with Crippen LogP contribution in [0.2, 0.25) is 5.02 Å². The maximum atomic E-state index is 12.9. The van der Waals surface area contributed by atoms with Gasteiger partial charge in [0.05, 0.1) is 30.5 Å². The van der Waals surface area contributed by atoms with E-state index in [0.29, 0.717) is 28.3 Å². The monoisotopic (exact) mass is 347 g/mol. The van der Waals surface area contributed by atoms with Crippen molar-refractivity contribution in [2.45, 2.75) is 13.0 Å². The lowest BCUT2D eigenvalue weighted by Crippen LogP contribution is -2.11. The Morgan fingerprint density at radius 2 is 2.04 bits per heavy atom. The van der Waals surface area contributed by atoms with E-state index >= 15 is 0 Å². The number of imidazole rings is 1. The molecule has 3 aromatic heterocycles. The lowest BCUT2D eigenvalue weighted by molar-refractivity contribution is 0.617. The maximum Gasteiger partial charge on any atom is 0.225 e. The fourth-order valence-corrected chi connectivity index (χ4v) is 2.17. The molecule has 124 valence electrons. The van der Waals surface area contributed by atoms with Crippen LogP contribution in [0.25, 0.3) is 0 Å². The molecule has 0 aliphatic carbocycles. The molecule has 0 unspecified atom stereocenters. The van der Waals surface area contributed by atoms with Crippen molar-refractivity contribution in [1.82, 2.24) is 24.5 Å². The van der Waals surface area contributed by atoms with Crippen LogP contribution >= 0.6 is 11.6 Å². The van der Waals surface area contributed by atoms with Gasteiger partial charge in [0.15, 0.2) is 5.82 Å². The van der Waals surface area contributed by atoms with Crippen LogP contribution in [0.5, 0.6) is 0 Å². The summed E-state index contributed by atoms with van der Waals surface area (Å²) >= 11 is 6.12. The van der Waals surface area contributed by atoms with E-state index in [4.69, 9.17) is 11.6 Å². The third kappa shape index (κ3) is 3.77. The molecule has 3 heterocycles. The molecule has 3 rings (SSSR count). The Balaban J connectivity index is 1.76. The second-order valence-electron chi connectivity index (χ2n) is 5.21. The van der Waals surface area contributed by atoms with Gasteiger partial charge in [0.2, 0.25) is 5.95 Å². The van der Waals surface area contributed by atoms with Crippen molar-refractivity contribution in [1.29, 1.82) is 0 Å². The maximum absolute atomic E-state index is 12.9. The molecule has 0 saturated heterocycles. The van der Waals surface area contributed by atoms with Gasteiger partial charge in [0.25, 0.3) is 0 Å². The smallest absolute Gasteiger partial charge is 0.225 e. The average molecular weight is 348 g/mol. The summed E-state index contributed by atoms with van der Waals surface area (Å²) in [5.74, 6) is 1.05. The van der Waals surface area contributed by atoms with Gasteiger partial charge in [-0.1, -0.05) is 11.6 Å². The summed E-state index contributed by atoms with van der Waals surface area (Å²) in [5, 5.41) is 6.51. The molecule has 0 radical (unpaired) electrons. The predicted molar refractivity (Wildman–Crippen MR) is 89.8 cm³/mol. The Kier molecular flexibility index (Phi) is 4.57. The normalized spacial score (nSPS) is 12.0. The van der Waals surface area contributed by atoms with Gasteiger partial charge < -0.3 is 15.2 Å². The lowest BCUT2D eigenvalue weighted by Gasteiger charge is -2.14. The Labute approximate surface area is 143 Å². The van der Waals surface area contributed by atoms with E-state index in [9.17, 15) is 4.39 Å². The zero-order valence-corrected chi connectivity index (χ0v) is 13.8. The topological polar surface area (TPSA) is 80.5 Å². The first kappa shape index (κ1) is 16.1. The number of nitrogens with zero attached hydrogens (tertiary/aromatic N) is 5. The van der Waals surface area contributed by atoms with Crippen LogP contribution in [0.4, 0.5) is 22.0 Å². The van der Waals surface area contributed by atoms with Crippen LogP contribution in [-0.2, 0) is 7.05 Å². The lowest BCUT2D eigenvalue weighted by atomic mass is 10.2. The zero-order chi connectivity index (χ0) is 17.1. The number of aromatic nitrogens is 5. The van der Waals surface area contributed by atoms with Gasteiger partial charge in [-0.25, -0.2) is 14.4 Å². The third-order valence-electron chi connectivity index (χ3n) is 3.23. The van der Waals surface area contributed by atoms with E-state index in [1.165, 1.54) is 18.5 Å². The van der Waals surface area contributed by atoms with Gasteiger partial charge in [-0.3, -0.25) is 4.98 Å². The van der Waals surface area contributed by atoms with Gasteiger partial charge in [0.1, 0.15) is 16.7 Å². The van der Waals surface area contributed by atoms with E-state index < -0.39 is 0 Å². The summed E-state index contributed by atoms with van der Waals surface area (Å²) in [6, 6.07) is 2.77. The van der Waals surface area contributed by atoms with E-state index in [-0.39, 0.29) is 11.9 Å². The Morgan fingerprint density at radius 1 is 1.21 bits per heavy atom. The molecule has 3 aromatic rings. The summed E-state index contributed by atoms with van der Waals surface area (Å²) in [4.78, 5) is 16.7. The highest BCUT2D eigenvalue weighted by molar-refractivity contribution is 6.32. The number of aryl methyl sites for hydroxylation is 1. The van der Waals surface area contributed by atoms with Gasteiger partial charge >= 0.3 is 0 Å². The van der Waals surface area contributed by atoms with Crippen LogP contribution in [0.1, 0.15) is 18.7 Å². The molecule has 0 bridgehead atoms. The molecule has 0 fully saturated rings. The molecule has 0 amide bonds. The van der Waals surface area contributed by atoms with Crippen LogP contribution in [0, 0.1) is 5.82 Å². The molecule has 7 nitrogen and oxygen atoms in total. The number of anilines is 3. The molecule has 24 heavy (non-hydrogen) atoms. The summed E-state index contributed by atoms with van der Waals surface area (Å²) in [6.45, 7) is 1.88. The van der Waals surface area contributed by atoms with Crippen LogP contribution in [0.3, 0.4) is 0 Å². The number of nitrogens with one attached hydrogen (secondary N) is 2. The fraction of sp³-hybridized carbons (Fsp3) is 0.200. The second kappa shape index (κ2) is 6.79. The van der Waals surface area contributed by atoms with Crippen molar-refractivity contribution < 1.29 is 4.39 Å². The number of pyridine rings is 1. The molecule has 0 saturated carbocycles. The summed E-state index contributed by atoms with van der Waals surface area (Å²) in [6.07, 6.45) is 6.13. The first-order valence-corrected chi connectivity index (χ1v) is 7.54.